The smallest absolute Gasteiger partial charge is 0.125 e. The lowest BCUT2D eigenvalue weighted by Crippen LogP contribution is -2.36. The van der Waals surface area contributed by atoms with E-state index in [0.29, 0.717) is 22.9 Å². The van der Waals surface area contributed by atoms with Gasteiger partial charge in [-0.1, -0.05) is 55.1 Å². The maximum atomic E-state index is 14.1. The van der Waals surface area contributed by atoms with E-state index in [-0.39, 0.29) is 11.5 Å². The fraction of sp³-hybridized carbons (Fsp3) is 0.290. The van der Waals surface area contributed by atoms with Crippen molar-refractivity contribution < 1.29 is 4.39 Å². The van der Waals surface area contributed by atoms with Crippen molar-refractivity contribution in [3.63, 3.8) is 0 Å². The van der Waals surface area contributed by atoms with Crippen LogP contribution in [0, 0.1) is 17.1 Å². The summed E-state index contributed by atoms with van der Waals surface area (Å²) in [6, 6.07) is 15.0. The second-order valence-corrected chi connectivity index (χ2v) is 9.59. The van der Waals surface area contributed by atoms with Crippen LogP contribution in [-0.2, 0) is 0 Å². The van der Waals surface area contributed by atoms with Crippen LogP contribution >= 0.6 is 0 Å². The molecule has 0 aliphatic heterocycles. The summed E-state index contributed by atoms with van der Waals surface area (Å²) in [6.45, 7) is 16.3. The van der Waals surface area contributed by atoms with Gasteiger partial charge in [0.05, 0.1) is 23.0 Å². The van der Waals surface area contributed by atoms with Crippen molar-refractivity contribution in [3.8, 4) is 6.07 Å². The highest BCUT2D eigenvalue weighted by Crippen LogP contribution is 2.45. The molecule has 2 unspecified atom stereocenters. The third-order valence-corrected chi connectivity index (χ3v) is 6.44. The van der Waals surface area contributed by atoms with Crippen LogP contribution in [0.15, 0.2) is 90.0 Å². The highest BCUT2D eigenvalue weighted by Gasteiger charge is 2.38. The summed E-state index contributed by atoms with van der Waals surface area (Å²) in [4.78, 5) is 4.94. The zero-order chi connectivity index (χ0) is 25.8. The molecule has 1 fully saturated rings. The molecule has 0 bridgehead atoms. The van der Waals surface area contributed by atoms with Gasteiger partial charge in [0.2, 0.25) is 0 Å². The van der Waals surface area contributed by atoms with Crippen LogP contribution in [0.25, 0.3) is 5.57 Å². The Hall–Kier alpha value is -3.71. The number of hydrogen-bond acceptors (Lipinski definition) is 2. The van der Waals surface area contributed by atoms with Gasteiger partial charge in [-0.25, -0.2) is 4.39 Å². The highest BCUT2D eigenvalue weighted by atomic mass is 19.1. The third-order valence-electron chi connectivity index (χ3n) is 6.44. The van der Waals surface area contributed by atoms with E-state index in [1.807, 2.05) is 45.1 Å². The van der Waals surface area contributed by atoms with Crippen LogP contribution in [0.5, 0.6) is 0 Å². The number of benzene rings is 2. The molecule has 0 saturated heterocycles. The molecular weight excluding hydrogens is 433 g/mol. The number of rotatable bonds is 9. The Balaban J connectivity index is 2.16. The minimum atomic E-state index is -0.799. The number of amidine groups is 1. The van der Waals surface area contributed by atoms with Crippen molar-refractivity contribution in [2.75, 3.05) is 0 Å². The molecule has 2 aromatic rings. The number of allylic oxidation sites excluding steroid dienone is 3. The van der Waals surface area contributed by atoms with Crippen LogP contribution in [0.4, 0.5) is 4.39 Å². The standard InChI is InChI=1S/C31H34FN3/c1-7-8-28(15-21(4)27-16-23(19-33)17-29(32)18-27)31(6,35-22(5)34)30(20(2)3)26-13-11-25(12-14-26)24-9-10-24/h7-8,11-18,24,30H,2,4,9-10H2,1,3,5-6H3,(H2,34,35)/b8-7-,28-15+. The molecular formula is C31H34FN3. The summed E-state index contributed by atoms with van der Waals surface area (Å²) >= 11 is 0. The van der Waals surface area contributed by atoms with Gasteiger partial charge in [-0.05, 0) is 98.6 Å². The Morgan fingerprint density at radius 2 is 1.86 bits per heavy atom. The summed E-state index contributed by atoms with van der Waals surface area (Å²) < 4.78 is 14.1. The molecule has 2 aromatic carbocycles. The molecule has 35 heavy (non-hydrogen) atoms. The van der Waals surface area contributed by atoms with Crippen molar-refractivity contribution in [2.45, 2.75) is 57.9 Å². The first-order valence-electron chi connectivity index (χ1n) is 11.9. The Bertz CT molecular complexity index is 1250. The molecule has 0 radical (unpaired) electrons. The van der Waals surface area contributed by atoms with Gasteiger partial charge >= 0.3 is 0 Å². The van der Waals surface area contributed by atoms with Crippen LogP contribution in [0.1, 0.15) is 74.6 Å². The van der Waals surface area contributed by atoms with Gasteiger partial charge in [-0.15, -0.1) is 0 Å². The number of halogens is 1. The van der Waals surface area contributed by atoms with Gasteiger partial charge in [0.15, 0.2) is 0 Å². The normalized spacial score (nSPS) is 17.0. The lowest BCUT2D eigenvalue weighted by molar-refractivity contribution is 0.490. The monoisotopic (exact) mass is 467 g/mol. The van der Waals surface area contributed by atoms with Crippen LogP contribution < -0.4 is 5.73 Å². The maximum absolute atomic E-state index is 14.1. The fourth-order valence-electron chi connectivity index (χ4n) is 4.78. The molecule has 180 valence electrons. The van der Waals surface area contributed by atoms with E-state index in [1.54, 1.807) is 13.0 Å². The lowest BCUT2D eigenvalue weighted by atomic mass is 9.71. The molecule has 2 atom stereocenters. The zero-order valence-corrected chi connectivity index (χ0v) is 21.1. The maximum Gasteiger partial charge on any atom is 0.125 e. The van der Waals surface area contributed by atoms with E-state index in [0.717, 1.165) is 16.7 Å². The first-order valence-corrected chi connectivity index (χ1v) is 11.9. The van der Waals surface area contributed by atoms with Crippen LogP contribution in [0.3, 0.4) is 0 Å². The Kier molecular flexibility index (Phi) is 7.92. The molecule has 1 aliphatic carbocycles. The summed E-state index contributed by atoms with van der Waals surface area (Å²) in [5.41, 5.74) is 11.0. The number of aliphatic imine (C=N–C) groups is 1. The molecule has 3 rings (SSSR count). The molecule has 1 aliphatic rings. The first kappa shape index (κ1) is 25.9. The lowest BCUT2D eigenvalue weighted by Gasteiger charge is -2.37. The molecule has 0 heterocycles. The van der Waals surface area contributed by atoms with E-state index in [1.165, 1.54) is 30.5 Å². The van der Waals surface area contributed by atoms with E-state index < -0.39 is 11.4 Å². The SMILES string of the molecule is C=C(/C=C(\C=C/C)C(C)(N=C(C)N)C(C(=C)C)c1ccc(C2CC2)cc1)c1cc(F)cc(C#N)c1. The van der Waals surface area contributed by atoms with Crippen molar-refractivity contribution in [1.82, 2.24) is 0 Å². The number of nitriles is 1. The summed E-state index contributed by atoms with van der Waals surface area (Å²) in [5, 5.41) is 9.27. The van der Waals surface area contributed by atoms with Crippen LogP contribution in [0.2, 0.25) is 0 Å². The quantitative estimate of drug-likeness (QED) is 0.179. The number of nitrogens with two attached hydrogens (primary N) is 1. The summed E-state index contributed by atoms with van der Waals surface area (Å²) in [7, 11) is 0. The predicted octanol–water partition coefficient (Wildman–Crippen LogP) is 7.59. The molecule has 0 amide bonds. The van der Waals surface area contributed by atoms with E-state index in [2.05, 4.69) is 37.4 Å². The van der Waals surface area contributed by atoms with Gasteiger partial charge in [-0.2, -0.15) is 5.26 Å². The minimum absolute atomic E-state index is 0.160. The van der Waals surface area contributed by atoms with Gasteiger partial charge in [0.1, 0.15) is 5.82 Å². The Morgan fingerprint density at radius 3 is 2.37 bits per heavy atom. The average molecular weight is 468 g/mol. The van der Waals surface area contributed by atoms with Gasteiger partial charge in [0.25, 0.3) is 0 Å². The third kappa shape index (κ3) is 6.05. The molecule has 0 aromatic heterocycles. The number of nitrogens with zero attached hydrogens (tertiary/aromatic N) is 2. The first-order chi connectivity index (χ1) is 16.6. The van der Waals surface area contributed by atoms with E-state index in [4.69, 9.17) is 10.7 Å². The second kappa shape index (κ2) is 10.7. The van der Waals surface area contributed by atoms with Gasteiger partial charge < -0.3 is 5.73 Å². The summed E-state index contributed by atoms with van der Waals surface area (Å²) in [6.07, 6.45) is 8.33. The molecule has 0 spiro atoms. The van der Waals surface area contributed by atoms with E-state index in [9.17, 15) is 9.65 Å². The minimum Gasteiger partial charge on any atom is -0.388 e. The van der Waals surface area contributed by atoms with Crippen molar-refractivity contribution in [1.29, 1.82) is 5.26 Å². The Labute approximate surface area is 208 Å². The molecule has 1 saturated carbocycles. The van der Waals surface area contributed by atoms with Crippen LogP contribution in [-0.4, -0.2) is 11.4 Å². The second-order valence-electron chi connectivity index (χ2n) is 9.59. The topological polar surface area (TPSA) is 62.2 Å². The van der Waals surface area contributed by atoms with Crippen molar-refractivity contribution >= 4 is 11.4 Å². The molecule has 2 N–H and O–H groups in total. The fourth-order valence-corrected chi connectivity index (χ4v) is 4.78. The number of hydrogen-bond donors (Lipinski definition) is 1. The van der Waals surface area contributed by atoms with E-state index >= 15 is 0 Å². The highest BCUT2D eigenvalue weighted by molar-refractivity contribution is 5.80. The average Bonchev–Trinajstić information content (AvgIpc) is 3.63. The molecule has 4 heteroatoms. The largest absolute Gasteiger partial charge is 0.388 e. The molecule has 3 nitrogen and oxygen atoms in total. The van der Waals surface area contributed by atoms with Crippen molar-refractivity contribution in [2.24, 2.45) is 10.7 Å². The zero-order valence-electron chi connectivity index (χ0n) is 21.1. The van der Waals surface area contributed by atoms with Gasteiger partial charge in [-0.3, -0.25) is 4.99 Å². The van der Waals surface area contributed by atoms with Crippen molar-refractivity contribution in [3.05, 3.63) is 113 Å². The summed E-state index contributed by atoms with van der Waals surface area (Å²) in [5.74, 6) is 0.489. The predicted molar refractivity (Wildman–Crippen MR) is 145 cm³/mol. The Morgan fingerprint density at radius 1 is 1.20 bits per heavy atom. The van der Waals surface area contributed by atoms with Gasteiger partial charge in [0, 0.05) is 5.92 Å².